The number of para-hydroxylation sites is 1. The summed E-state index contributed by atoms with van der Waals surface area (Å²) < 4.78 is 28.2. The van der Waals surface area contributed by atoms with Gasteiger partial charge in [-0.1, -0.05) is 24.3 Å². The highest BCUT2D eigenvalue weighted by Gasteiger charge is 2.49. The fourth-order valence-electron chi connectivity index (χ4n) is 4.63. The fraction of sp³-hybridized carbons (Fsp3) is 0.381. The van der Waals surface area contributed by atoms with Crippen LogP contribution in [0.15, 0.2) is 53.4 Å². The van der Waals surface area contributed by atoms with Crippen molar-refractivity contribution in [3.63, 3.8) is 0 Å². The summed E-state index contributed by atoms with van der Waals surface area (Å²) in [7, 11) is -3.77. The van der Waals surface area contributed by atoms with Crippen molar-refractivity contribution in [2.45, 2.75) is 37.1 Å². The third kappa shape index (κ3) is 4.27. The van der Waals surface area contributed by atoms with Crippen LogP contribution in [0.3, 0.4) is 0 Å². The lowest BCUT2D eigenvalue weighted by Gasteiger charge is -2.27. The molecule has 1 amide bonds. The maximum absolute atomic E-state index is 12.8. The summed E-state index contributed by atoms with van der Waals surface area (Å²) in [6.07, 6.45) is 3.17. The molecule has 2 fully saturated rings. The average Bonchev–Trinajstić information content (AvgIpc) is 3.25. The van der Waals surface area contributed by atoms with Crippen LogP contribution in [0.25, 0.3) is 0 Å². The molecule has 0 spiro atoms. The molecule has 4 atom stereocenters. The molecule has 2 aromatic carbocycles. The molecule has 6 nitrogen and oxygen atoms in total. The zero-order chi connectivity index (χ0) is 19.9. The summed E-state index contributed by atoms with van der Waals surface area (Å²) >= 11 is 0. The number of anilines is 2. The van der Waals surface area contributed by atoms with Gasteiger partial charge in [0.25, 0.3) is 10.0 Å². The monoisotopic (exact) mass is 435 g/mol. The van der Waals surface area contributed by atoms with E-state index in [1.54, 1.807) is 43.3 Å². The molecule has 4 unspecified atom stereocenters. The van der Waals surface area contributed by atoms with Gasteiger partial charge in [-0.3, -0.25) is 9.52 Å². The summed E-state index contributed by atoms with van der Waals surface area (Å²) in [4.78, 5) is 12.9. The molecule has 2 bridgehead atoms. The first kappa shape index (κ1) is 21.6. The minimum absolute atomic E-state index is 0. The van der Waals surface area contributed by atoms with Gasteiger partial charge < -0.3 is 11.1 Å². The van der Waals surface area contributed by atoms with Crippen LogP contribution in [-0.2, 0) is 14.8 Å². The van der Waals surface area contributed by atoms with E-state index in [4.69, 9.17) is 5.73 Å². The summed E-state index contributed by atoms with van der Waals surface area (Å²) in [5, 5.41) is 2.89. The number of benzene rings is 2. The van der Waals surface area contributed by atoms with Gasteiger partial charge in [-0.15, -0.1) is 12.4 Å². The molecule has 8 heteroatoms. The summed E-state index contributed by atoms with van der Waals surface area (Å²) in [6, 6.07) is 13.6. The lowest BCUT2D eigenvalue weighted by molar-refractivity contribution is -0.121. The zero-order valence-corrected chi connectivity index (χ0v) is 17.8. The topological polar surface area (TPSA) is 101 Å². The van der Waals surface area contributed by atoms with Crippen molar-refractivity contribution in [1.82, 2.24) is 0 Å². The van der Waals surface area contributed by atoms with Gasteiger partial charge in [0, 0.05) is 17.4 Å². The molecular weight excluding hydrogens is 410 g/mol. The van der Waals surface area contributed by atoms with Crippen LogP contribution in [0.4, 0.5) is 11.4 Å². The van der Waals surface area contributed by atoms with Gasteiger partial charge in [0.1, 0.15) is 0 Å². The Bertz CT molecular complexity index is 995. The molecule has 156 valence electrons. The number of fused-ring (bicyclic) bond motifs is 2. The number of amides is 1. The van der Waals surface area contributed by atoms with Crippen LogP contribution >= 0.6 is 12.4 Å². The second-order valence-electron chi connectivity index (χ2n) is 7.88. The Morgan fingerprint density at radius 1 is 1.03 bits per heavy atom. The molecule has 0 aromatic heterocycles. The quantitative estimate of drug-likeness (QED) is 0.668. The van der Waals surface area contributed by atoms with E-state index in [1.807, 2.05) is 6.07 Å². The van der Waals surface area contributed by atoms with Crippen molar-refractivity contribution in [3.8, 4) is 0 Å². The molecule has 2 saturated carbocycles. The smallest absolute Gasteiger partial charge is 0.262 e. The highest BCUT2D eigenvalue weighted by Crippen LogP contribution is 2.48. The molecule has 2 aromatic rings. The number of halogens is 1. The first-order chi connectivity index (χ1) is 13.3. The van der Waals surface area contributed by atoms with Crippen LogP contribution in [0.1, 0.15) is 24.8 Å². The maximum atomic E-state index is 12.8. The van der Waals surface area contributed by atoms with Crippen molar-refractivity contribution < 1.29 is 13.2 Å². The minimum Gasteiger partial charge on any atom is -0.327 e. The Balaban J connectivity index is 0.00000240. The van der Waals surface area contributed by atoms with Gasteiger partial charge in [0.05, 0.1) is 10.8 Å². The van der Waals surface area contributed by atoms with Crippen molar-refractivity contribution in [2.75, 3.05) is 10.0 Å². The lowest BCUT2D eigenvalue weighted by atomic mass is 9.84. The van der Waals surface area contributed by atoms with E-state index in [1.165, 1.54) is 6.07 Å². The molecule has 29 heavy (non-hydrogen) atoms. The van der Waals surface area contributed by atoms with E-state index >= 15 is 0 Å². The number of nitrogens with one attached hydrogen (secondary N) is 2. The van der Waals surface area contributed by atoms with Crippen molar-refractivity contribution in [3.05, 3.63) is 54.1 Å². The zero-order valence-electron chi connectivity index (χ0n) is 16.2. The second-order valence-corrected chi connectivity index (χ2v) is 9.53. The Morgan fingerprint density at radius 2 is 1.72 bits per heavy atom. The standard InChI is InChI=1S/C21H25N3O3S.ClH/c1-13-7-10-17(23-21(25)19-14-8-9-15(11-14)20(19)22)12-18(13)28(26,27)24-16-5-3-2-4-6-16;/h2-7,10,12,14-15,19-20,24H,8-9,11,22H2,1H3,(H,23,25);1H. The summed E-state index contributed by atoms with van der Waals surface area (Å²) in [6.45, 7) is 1.73. The predicted octanol–water partition coefficient (Wildman–Crippen LogP) is 3.53. The minimum atomic E-state index is -3.77. The Morgan fingerprint density at radius 3 is 2.38 bits per heavy atom. The molecule has 0 aliphatic heterocycles. The third-order valence-corrected chi connectivity index (χ3v) is 7.58. The number of sulfonamides is 1. The lowest BCUT2D eigenvalue weighted by Crippen LogP contribution is -2.42. The van der Waals surface area contributed by atoms with Crippen LogP contribution in [0.2, 0.25) is 0 Å². The van der Waals surface area contributed by atoms with Crippen molar-refractivity contribution >= 4 is 39.7 Å². The molecule has 2 aliphatic rings. The summed E-state index contributed by atoms with van der Waals surface area (Å²) in [5.41, 5.74) is 7.83. The van der Waals surface area contributed by atoms with Crippen LogP contribution in [-0.4, -0.2) is 20.4 Å². The Labute approximate surface area is 177 Å². The number of carbonyl (C=O) groups is 1. The Kier molecular flexibility index (Phi) is 6.22. The number of rotatable bonds is 5. The SMILES string of the molecule is Cc1ccc(NC(=O)C2C3CCC(C3)C2N)cc1S(=O)(=O)Nc1ccccc1.Cl. The Hall–Kier alpha value is -2.09. The number of nitrogens with two attached hydrogens (primary N) is 1. The number of carbonyl (C=O) groups excluding carboxylic acids is 1. The highest BCUT2D eigenvalue weighted by molar-refractivity contribution is 7.92. The molecule has 4 N–H and O–H groups in total. The molecule has 0 radical (unpaired) electrons. The average molecular weight is 436 g/mol. The molecule has 0 heterocycles. The van der Waals surface area contributed by atoms with Gasteiger partial charge in [0.2, 0.25) is 5.91 Å². The highest BCUT2D eigenvalue weighted by atomic mass is 35.5. The second kappa shape index (κ2) is 8.34. The van der Waals surface area contributed by atoms with Gasteiger partial charge in [-0.05, 0) is 67.9 Å². The molecule has 2 aliphatic carbocycles. The van der Waals surface area contributed by atoms with E-state index in [-0.39, 0.29) is 35.2 Å². The van der Waals surface area contributed by atoms with Crippen LogP contribution in [0, 0.1) is 24.7 Å². The number of hydrogen-bond acceptors (Lipinski definition) is 4. The van der Waals surface area contributed by atoms with Gasteiger partial charge in [0.15, 0.2) is 0 Å². The van der Waals surface area contributed by atoms with E-state index in [0.29, 0.717) is 28.8 Å². The first-order valence-corrected chi connectivity index (χ1v) is 11.1. The number of aryl methyl sites for hydroxylation is 1. The van der Waals surface area contributed by atoms with E-state index in [0.717, 1.165) is 19.3 Å². The van der Waals surface area contributed by atoms with E-state index < -0.39 is 10.0 Å². The van der Waals surface area contributed by atoms with E-state index in [2.05, 4.69) is 10.0 Å². The van der Waals surface area contributed by atoms with Crippen molar-refractivity contribution in [2.24, 2.45) is 23.5 Å². The van der Waals surface area contributed by atoms with Crippen LogP contribution in [0.5, 0.6) is 0 Å². The summed E-state index contributed by atoms with van der Waals surface area (Å²) in [5.74, 6) is 0.476. The predicted molar refractivity (Wildman–Crippen MR) is 117 cm³/mol. The van der Waals surface area contributed by atoms with Crippen LogP contribution < -0.4 is 15.8 Å². The third-order valence-electron chi connectivity index (χ3n) is 6.05. The number of hydrogen-bond donors (Lipinski definition) is 3. The van der Waals surface area contributed by atoms with Gasteiger partial charge in [-0.25, -0.2) is 8.42 Å². The van der Waals surface area contributed by atoms with E-state index in [9.17, 15) is 13.2 Å². The van der Waals surface area contributed by atoms with Gasteiger partial charge >= 0.3 is 0 Å². The normalized spacial score (nSPS) is 25.3. The van der Waals surface area contributed by atoms with Gasteiger partial charge in [-0.2, -0.15) is 0 Å². The maximum Gasteiger partial charge on any atom is 0.262 e. The fourth-order valence-corrected chi connectivity index (χ4v) is 5.96. The first-order valence-electron chi connectivity index (χ1n) is 9.60. The molecule has 4 rings (SSSR count). The molecular formula is C21H26ClN3O3S. The molecule has 0 saturated heterocycles. The largest absolute Gasteiger partial charge is 0.327 e. The van der Waals surface area contributed by atoms with Crippen molar-refractivity contribution in [1.29, 1.82) is 0 Å².